The second kappa shape index (κ2) is 16.2. The zero-order chi connectivity index (χ0) is 9.23. The molecule has 0 N–H and O–H groups in total. The van der Waals surface area contributed by atoms with Crippen molar-refractivity contribution in [3.8, 4) is 0 Å². The summed E-state index contributed by atoms with van der Waals surface area (Å²) in [6.07, 6.45) is 12.4. The van der Waals surface area contributed by atoms with Gasteiger partial charge in [0.15, 0.2) is 0 Å². The van der Waals surface area contributed by atoms with Crippen molar-refractivity contribution in [3.05, 3.63) is 19.1 Å². The molecule has 0 amide bonds. The van der Waals surface area contributed by atoms with Crippen LogP contribution in [0.2, 0.25) is 0 Å². The minimum atomic E-state index is 0. The predicted octanol–water partition coefficient (Wildman–Crippen LogP) is 0.996. The van der Waals surface area contributed by atoms with Crippen molar-refractivity contribution < 1.29 is 12.4 Å². The Kier molecular flexibility index (Phi) is 23.5. The standard InChI is InChI=1S/C12H23.ClH.Mg/c1-4-6-7-8-9-10-11-12(3)5-2;;/h5,10,12H,2,4,6-9,11H2,1,3H3;1H;/q-1;;+2/p-1. The molecule has 1 unspecified atom stereocenters. The normalized spacial score (nSPS) is 11.0. The summed E-state index contributed by atoms with van der Waals surface area (Å²) < 4.78 is 0. The molecule has 0 aliphatic carbocycles. The number of unbranched alkanes of at least 4 members (excludes halogenated alkanes) is 5. The Morgan fingerprint density at radius 1 is 1.29 bits per heavy atom. The monoisotopic (exact) mass is 226 g/mol. The Balaban J connectivity index is -0.000000605. The van der Waals surface area contributed by atoms with Crippen LogP contribution in [0.4, 0.5) is 0 Å². The molecule has 0 aliphatic heterocycles. The van der Waals surface area contributed by atoms with E-state index in [4.69, 9.17) is 0 Å². The van der Waals surface area contributed by atoms with Crippen LogP contribution in [-0.2, 0) is 0 Å². The summed E-state index contributed by atoms with van der Waals surface area (Å²) in [6, 6.07) is 0. The van der Waals surface area contributed by atoms with Crippen LogP contribution in [0.1, 0.15) is 52.4 Å². The summed E-state index contributed by atoms with van der Waals surface area (Å²) in [5, 5.41) is 0. The van der Waals surface area contributed by atoms with Crippen LogP contribution in [0, 0.1) is 12.3 Å². The van der Waals surface area contributed by atoms with Crippen LogP contribution in [-0.4, -0.2) is 23.1 Å². The van der Waals surface area contributed by atoms with Crippen LogP contribution < -0.4 is 12.4 Å². The SMILES string of the molecule is C=CC(C)C[CH-]CCCCCC.[Cl-].[Mg+2]. The van der Waals surface area contributed by atoms with Crippen LogP contribution in [0.5, 0.6) is 0 Å². The van der Waals surface area contributed by atoms with E-state index < -0.39 is 0 Å². The minimum Gasteiger partial charge on any atom is -1.00 e. The average Bonchev–Trinajstić information content (AvgIpc) is 2.10. The van der Waals surface area contributed by atoms with Gasteiger partial charge < -0.3 is 18.8 Å². The quantitative estimate of drug-likeness (QED) is 0.251. The summed E-state index contributed by atoms with van der Waals surface area (Å²) in [5.74, 6) is 0.663. The summed E-state index contributed by atoms with van der Waals surface area (Å²) in [6.45, 7) is 8.24. The van der Waals surface area contributed by atoms with Crippen LogP contribution in [0.3, 0.4) is 0 Å². The Hall–Kier alpha value is 0.796. The first kappa shape index (κ1) is 20.2. The first-order chi connectivity index (χ1) is 5.81. The van der Waals surface area contributed by atoms with E-state index in [-0.39, 0.29) is 35.5 Å². The molecular weight excluding hydrogens is 204 g/mol. The third-order valence-electron chi connectivity index (χ3n) is 2.20. The molecule has 0 bridgehead atoms. The third kappa shape index (κ3) is 15.3. The average molecular weight is 227 g/mol. The van der Waals surface area contributed by atoms with Crippen LogP contribution in [0.25, 0.3) is 0 Å². The Morgan fingerprint density at radius 2 is 1.93 bits per heavy atom. The van der Waals surface area contributed by atoms with Gasteiger partial charge in [-0.25, -0.2) is 0 Å². The molecule has 0 heterocycles. The molecule has 2 heteroatoms. The number of halogens is 1. The van der Waals surface area contributed by atoms with E-state index >= 15 is 0 Å². The number of rotatable bonds is 8. The van der Waals surface area contributed by atoms with Crippen molar-refractivity contribution in [1.82, 2.24) is 0 Å². The largest absolute Gasteiger partial charge is 2.00 e. The van der Waals surface area contributed by atoms with Gasteiger partial charge in [0.2, 0.25) is 0 Å². The molecule has 0 fully saturated rings. The maximum atomic E-state index is 3.77. The van der Waals surface area contributed by atoms with Gasteiger partial charge in [0.25, 0.3) is 0 Å². The Bertz CT molecular complexity index is 104. The molecule has 0 aliphatic rings. The first-order valence-electron chi connectivity index (χ1n) is 5.25. The topological polar surface area (TPSA) is 0 Å². The fourth-order valence-electron chi connectivity index (χ4n) is 1.19. The molecule has 0 aromatic heterocycles. The number of hydrogen-bond acceptors (Lipinski definition) is 0. The summed E-state index contributed by atoms with van der Waals surface area (Å²) in [4.78, 5) is 0. The van der Waals surface area contributed by atoms with Gasteiger partial charge >= 0.3 is 23.1 Å². The number of allylic oxidation sites excluding steroid dienone is 1. The van der Waals surface area contributed by atoms with E-state index in [9.17, 15) is 0 Å². The fourth-order valence-corrected chi connectivity index (χ4v) is 1.19. The van der Waals surface area contributed by atoms with E-state index in [1.54, 1.807) is 0 Å². The molecule has 0 nitrogen and oxygen atoms in total. The van der Waals surface area contributed by atoms with Crippen molar-refractivity contribution in [3.63, 3.8) is 0 Å². The maximum absolute atomic E-state index is 3.77. The first-order valence-corrected chi connectivity index (χ1v) is 5.25. The minimum absolute atomic E-state index is 0. The van der Waals surface area contributed by atoms with Crippen molar-refractivity contribution >= 4 is 23.1 Å². The Morgan fingerprint density at radius 3 is 2.43 bits per heavy atom. The fraction of sp³-hybridized carbons (Fsp3) is 0.750. The van der Waals surface area contributed by atoms with E-state index in [1.807, 2.05) is 6.08 Å². The molecule has 14 heavy (non-hydrogen) atoms. The molecule has 80 valence electrons. The van der Waals surface area contributed by atoms with Gasteiger partial charge in [0.1, 0.15) is 0 Å². The van der Waals surface area contributed by atoms with Crippen molar-refractivity contribution in [2.45, 2.75) is 52.4 Å². The molecule has 1 atom stereocenters. The van der Waals surface area contributed by atoms with Gasteiger partial charge in [-0.15, -0.1) is 6.58 Å². The zero-order valence-electron chi connectivity index (χ0n) is 9.77. The predicted molar refractivity (Wildman–Crippen MR) is 62.8 cm³/mol. The van der Waals surface area contributed by atoms with Crippen molar-refractivity contribution in [1.29, 1.82) is 0 Å². The van der Waals surface area contributed by atoms with Gasteiger partial charge in [-0.2, -0.15) is 12.8 Å². The Labute approximate surface area is 112 Å². The van der Waals surface area contributed by atoms with Gasteiger partial charge in [0, 0.05) is 0 Å². The van der Waals surface area contributed by atoms with Crippen molar-refractivity contribution in [2.75, 3.05) is 0 Å². The maximum Gasteiger partial charge on any atom is 2.00 e. The molecule has 0 saturated heterocycles. The van der Waals surface area contributed by atoms with E-state index in [2.05, 4.69) is 26.8 Å². The molecule has 0 radical (unpaired) electrons. The van der Waals surface area contributed by atoms with E-state index in [0.29, 0.717) is 5.92 Å². The molecule has 0 aromatic carbocycles. The third-order valence-corrected chi connectivity index (χ3v) is 2.20. The molecule has 0 rings (SSSR count). The molecule has 0 saturated carbocycles. The molecule has 0 aromatic rings. The molecule has 0 spiro atoms. The second-order valence-electron chi connectivity index (χ2n) is 3.59. The van der Waals surface area contributed by atoms with E-state index in [0.717, 1.165) is 0 Å². The van der Waals surface area contributed by atoms with Crippen molar-refractivity contribution in [2.24, 2.45) is 5.92 Å². The summed E-state index contributed by atoms with van der Waals surface area (Å²) >= 11 is 0. The second-order valence-corrected chi connectivity index (χ2v) is 3.59. The van der Waals surface area contributed by atoms with Gasteiger partial charge in [0.05, 0.1) is 0 Å². The zero-order valence-corrected chi connectivity index (χ0v) is 11.9. The summed E-state index contributed by atoms with van der Waals surface area (Å²) in [5.41, 5.74) is 0. The van der Waals surface area contributed by atoms with Crippen LogP contribution >= 0.6 is 0 Å². The van der Waals surface area contributed by atoms with E-state index in [1.165, 1.54) is 38.5 Å². The van der Waals surface area contributed by atoms with Gasteiger partial charge in [-0.1, -0.05) is 51.5 Å². The smallest absolute Gasteiger partial charge is 1.00 e. The summed E-state index contributed by atoms with van der Waals surface area (Å²) in [7, 11) is 0. The van der Waals surface area contributed by atoms with Gasteiger partial charge in [-0.05, 0) is 0 Å². The van der Waals surface area contributed by atoms with Gasteiger partial charge in [-0.3, -0.25) is 0 Å². The van der Waals surface area contributed by atoms with Crippen LogP contribution in [0.15, 0.2) is 12.7 Å². The molecular formula is C12H23ClMg. The number of hydrogen-bond donors (Lipinski definition) is 0.